The monoisotopic (exact) mass is 211 g/mol. The summed E-state index contributed by atoms with van der Waals surface area (Å²) in [6, 6.07) is 1.29. The largest absolute Gasteiger partial charge is 0.469 e. The third kappa shape index (κ3) is 3.20. The number of ether oxygens (including phenoxy) is 1. The maximum absolute atomic E-state index is 11.5. The SMILES string of the molecule is COC(=O)C1CCCCC(NC2CC2)C1. The molecule has 0 amide bonds. The standard InChI is InChI=1S/C12H21NO2/c1-15-12(14)9-4-2-3-5-11(8-9)13-10-6-7-10/h9-11,13H,2-8H2,1H3. The summed E-state index contributed by atoms with van der Waals surface area (Å²) in [5.74, 6) is 0.119. The molecule has 2 saturated carbocycles. The Morgan fingerprint density at radius 3 is 2.53 bits per heavy atom. The molecule has 2 rings (SSSR count). The predicted molar refractivity (Wildman–Crippen MR) is 58.5 cm³/mol. The van der Waals surface area contributed by atoms with Gasteiger partial charge in [0.2, 0.25) is 0 Å². The Balaban J connectivity index is 1.85. The number of carbonyl (C=O) groups is 1. The van der Waals surface area contributed by atoms with Crippen molar-refractivity contribution in [3.63, 3.8) is 0 Å². The molecule has 2 unspecified atom stereocenters. The van der Waals surface area contributed by atoms with E-state index in [-0.39, 0.29) is 11.9 Å². The van der Waals surface area contributed by atoms with Crippen LogP contribution in [-0.4, -0.2) is 25.2 Å². The van der Waals surface area contributed by atoms with Crippen LogP contribution >= 0.6 is 0 Å². The van der Waals surface area contributed by atoms with E-state index in [0.717, 1.165) is 18.9 Å². The number of methoxy groups -OCH3 is 1. The van der Waals surface area contributed by atoms with Crippen LogP contribution in [0.4, 0.5) is 0 Å². The molecule has 0 aromatic heterocycles. The molecule has 2 fully saturated rings. The second-order valence-electron chi connectivity index (χ2n) is 4.88. The molecule has 1 N–H and O–H groups in total. The van der Waals surface area contributed by atoms with Crippen molar-refractivity contribution >= 4 is 5.97 Å². The maximum atomic E-state index is 11.5. The zero-order valence-electron chi connectivity index (χ0n) is 9.50. The van der Waals surface area contributed by atoms with Gasteiger partial charge in [0.1, 0.15) is 0 Å². The third-order valence-electron chi connectivity index (χ3n) is 3.51. The molecule has 2 aliphatic rings. The highest BCUT2D eigenvalue weighted by Gasteiger charge is 2.30. The first-order valence-electron chi connectivity index (χ1n) is 6.13. The Morgan fingerprint density at radius 1 is 1.13 bits per heavy atom. The van der Waals surface area contributed by atoms with Crippen LogP contribution in [0.3, 0.4) is 0 Å². The summed E-state index contributed by atoms with van der Waals surface area (Å²) in [4.78, 5) is 11.5. The molecular weight excluding hydrogens is 190 g/mol. The number of nitrogens with one attached hydrogen (secondary N) is 1. The molecule has 2 atom stereocenters. The van der Waals surface area contributed by atoms with Gasteiger partial charge < -0.3 is 10.1 Å². The van der Waals surface area contributed by atoms with Gasteiger partial charge >= 0.3 is 5.97 Å². The number of hydrogen-bond acceptors (Lipinski definition) is 3. The minimum atomic E-state index is -0.0144. The van der Waals surface area contributed by atoms with Crippen molar-refractivity contribution < 1.29 is 9.53 Å². The van der Waals surface area contributed by atoms with Crippen molar-refractivity contribution in [2.75, 3.05) is 7.11 Å². The van der Waals surface area contributed by atoms with Gasteiger partial charge in [-0.3, -0.25) is 4.79 Å². The van der Waals surface area contributed by atoms with Crippen LogP contribution in [0.2, 0.25) is 0 Å². The summed E-state index contributed by atoms with van der Waals surface area (Å²) in [5, 5.41) is 3.63. The van der Waals surface area contributed by atoms with E-state index >= 15 is 0 Å². The lowest BCUT2D eigenvalue weighted by Gasteiger charge is -2.19. The van der Waals surface area contributed by atoms with Gasteiger partial charge in [0.25, 0.3) is 0 Å². The fourth-order valence-corrected chi connectivity index (χ4v) is 2.48. The van der Waals surface area contributed by atoms with Crippen molar-refractivity contribution in [3.05, 3.63) is 0 Å². The van der Waals surface area contributed by atoms with Crippen LogP contribution < -0.4 is 5.32 Å². The third-order valence-corrected chi connectivity index (χ3v) is 3.51. The summed E-state index contributed by atoms with van der Waals surface area (Å²) in [7, 11) is 1.50. The van der Waals surface area contributed by atoms with Gasteiger partial charge in [-0.25, -0.2) is 0 Å². The topological polar surface area (TPSA) is 38.3 Å². The van der Waals surface area contributed by atoms with Gasteiger partial charge in [-0.2, -0.15) is 0 Å². The van der Waals surface area contributed by atoms with Crippen LogP contribution in [0, 0.1) is 5.92 Å². The maximum Gasteiger partial charge on any atom is 0.308 e. The molecule has 15 heavy (non-hydrogen) atoms. The van der Waals surface area contributed by atoms with E-state index in [4.69, 9.17) is 4.74 Å². The minimum absolute atomic E-state index is 0.0144. The average molecular weight is 211 g/mol. The first kappa shape index (κ1) is 10.9. The highest BCUT2D eigenvalue weighted by molar-refractivity contribution is 5.72. The van der Waals surface area contributed by atoms with Crippen LogP contribution in [-0.2, 0) is 9.53 Å². The minimum Gasteiger partial charge on any atom is -0.469 e. The Labute approximate surface area is 91.6 Å². The second kappa shape index (κ2) is 4.97. The van der Waals surface area contributed by atoms with E-state index in [2.05, 4.69) is 5.32 Å². The quantitative estimate of drug-likeness (QED) is 0.572. The molecule has 0 heterocycles. The number of carbonyl (C=O) groups excluding carboxylic acids is 1. The summed E-state index contributed by atoms with van der Waals surface area (Å²) >= 11 is 0. The van der Waals surface area contributed by atoms with E-state index in [1.807, 2.05) is 0 Å². The Hall–Kier alpha value is -0.570. The van der Waals surface area contributed by atoms with E-state index < -0.39 is 0 Å². The van der Waals surface area contributed by atoms with Gasteiger partial charge in [-0.1, -0.05) is 12.8 Å². The lowest BCUT2D eigenvalue weighted by Crippen LogP contribution is -2.33. The van der Waals surface area contributed by atoms with E-state index in [1.54, 1.807) is 0 Å². The molecule has 0 aromatic rings. The molecule has 3 nitrogen and oxygen atoms in total. The lowest BCUT2D eigenvalue weighted by molar-refractivity contribution is -0.146. The van der Waals surface area contributed by atoms with E-state index in [0.29, 0.717) is 6.04 Å². The van der Waals surface area contributed by atoms with Crippen molar-refractivity contribution in [3.8, 4) is 0 Å². The zero-order chi connectivity index (χ0) is 10.7. The zero-order valence-corrected chi connectivity index (χ0v) is 9.50. The second-order valence-corrected chi connectivity index (χ2v) is 4.88. The first-order chi connectivity index (χ1) is 7.29. The molecular formula is C12H21NO2. The van der Waals surface area contributed by atoms with Gasteiger partial charge in [0, 0.05) is 12.1 Å². The van der Waals surface area contributed by atoms with E-state index in [9.17, 15) is 4.79 Å². The molecule has 0 aromatic carbocycles. The molecule has 0 saturated heterocycles. The van der Waals surface area contributed by atoms with Gasteiger partial charge in [0.05, 0.1) is 13.0 Å². The Morgan fingerprint density at radius 2 is 1.87 bits per heavy atom. The first-order valence-corrected chi connectivity index (χ1v) is 6.13. The Kier molecular flexibility index (Phi) is 3.62. The van der Waals surface area contributed by atoms with Gasteiger partial charge in [-0.05, 0) is 32.1 Å². The molecule has 0 spiro atoms. The van der Waals surface area contributed by atoms with Crippen LogP contribution in [0.15, 0.2) is 0 Å². The molecule has 0 radical (unpaired) electrons. The summed E-state index contributed by atoms with van der Waals surface area (Å²) in [6.07, 6.45) is 8.27. The number of hydrogen-bond donors (Lipinski definition) is 1. The van der Waals surface area contributed by atoms with Crippen LogP contribution in [0.5, 0.6) is 0 Å². The highest BCUT2D eigenvalue weighted by Crippen LogP contribution is 2.27. The van der Waals surface area contributed by atoms with Gasteiger partial charge in [-0.15, -0.1) is 0 Å². The lowest BCUT2D eigenvalue weighted by atomic mass is 9.98. The van der Waals surface area contributed by atoms with Crippen molar-refractivity contribution in [2.24, 2.45) is 5.92 Å². The van der Waals surface area contributed by atoms with Crippen LogP contribution in [0.25, 0.3) is 0 Å². The summed E-state index contributed by atoms with van der Waals surface area (Å²) < 4.78 is 4.85. The Bertz CT molecular complexity index is 226. The van der Waals surface area contributed by atoms with Crippen molar-refractivity contribution in [1.29, 1.82) is 0 Å². The van der Waals surface area contributed by atoms with Crippen LogP contribution in [0.1, 0.15) is 44.9 Å². The van der Waals surface area contributed by atoms with Crippen molar-refractivity contribution in [2.45, 2.75) is 57.0 Å². The predicted octanol–water partition coefficient (Wildman–Crippen LogP) is 1.86. The normalized spacial score (nSPS) is 32.1. The van der Waals surface area contributed by atoms with E-state index in [1.165, 1.54) is 39.2 Å². The fourth-order valence-electron chi connectivity index (χ4n) is 2.48. The summed E-state index contributed by atoms with van der Waals surface area (Å²) in [5.41, 5.74) is 0. The highest BCUT2D eigenvalue weighted by atomic mass is 16.5. The molecule has 0 aliphatic heterocycles. The molecule has 0 bridgehead atoms. The van der Waals surface area contributed by atoms with Gasteiger partial charge in [0.15, 0.2) is 0 Å². The molecule has 3 heteroatoms. The number of esters is 1. The smallest absolute Gasteiger partial charge is 0.308 e. The molecule has 86 valence electrons. The molecule has 2 aliphatic carbocycles. The fraction of sp³-hybridized carbons (Fsp3) is 0.917. The average Bonchev–Trinajstić information content (AvgIpc) is 3.05. The summed E-state index contributed by atoms with van der Waals surface area (Å²) in [6.45, 7) is 0. The van der Waals surface area contributed by atoms with Crippen molar-refractivity contribution in [1.82, 2.24) is 5.32 Å². The number of rotatable bonds is 3.